The molecule has 0 atom stereocenters. The summed E-state index contributed by atoms with van der Waals surface area (Å²) >= 11 is 6.70. The molecule has 1 aromatic heterocycles. The quantitative estimate of drug-likeness (QED) is 0.887. The number of anilines is 1. The molecule has 0 fully saturated rings. The summed E-state index contributed by atoms with van der Waals surface area (Å²) in [6, 6.07) is 6.86. The number of benzene rings is 1. The molecule has 1 heterocycles. The molecule has 0 bridgehead atoms. The smallest absolute Gasteiger partial charge is 0.289 e. The number of nitrogen functional groups attached to an aromatic ring is 1. The second-order valence-electron chi connectivity index (χ2n) is 3.08. The van der Waals surface area contributed by atoms with Gasteiger partial charge in [0.1, 0.15) is 5.82 Å². The second-order valence-corrected chi connectivity index (χ2v) is 4.54. The summed E-state index contributed by atoms with van der Waals surface area (Å²) < 4.78 is 24.8. The Morgan fingerprint density at radius 2 is 2.12 bits per heavy atom. The van der Waals surface area contributed by atoms with Crippen molar-refractivity contribution in [3.63, 3.8) is 0 Å². The Morgan fingerprint density at radius 3 is 2.69 bits per heavy atom. The van der Waals surface area contributed by atoms with E-state index in [9.17, 15) is 8.78 Å². The maximum atomic E-state index is 12.4. The fourth-order valence-electron chi connectivity index (χ4n) is 1.28. The molecule has 2 N–H and O–H groups in total. The number of rotatable bonds is 2. The van der Waals surface area contributed by atoms with Gasteiger partial charge in [-0.3, -0.25) is 0 Å². The fraction of sp³-hybridized carbons (Fsp3) is 0.100. The SMILES string of the molecule is Nc1nc(C(F)F)sc1-c1cccc(Cl)c1. The van der Waals surface area contributed by atoms with Gasteiger partial charge in [0.05, 0.1) is 4.88 Å². The molecule has 2 rings (SSSR count). The van der Waals surface area contributed by atoms with E-state index in [1.165, 1.54) is 0 Å². The minimum Gasteiger partial charge on any atom is -0.382 e. The molecule has 6 heteroatoms. The van der Waals surface area contributed by atoms with Crippen LogP contribution in [0, 0.1) is 0 Å². The maximum Gasteiger partial charge on any atom is 0.289 e. The number of thiazole rings is 1. The summed E-state index contributed by atoms with van der Waals surface area (Å²) in [6.07, 6.45) is -2.60. The van der Waals surface area contributed by atoms with Crippen LogP contribution in [0.3, 0.4) is 0 Å². The molecule has 0 saturated heterocycles. The lowest BCUT2D eigenvalue weighted by Crippen LogP contribution is -1.88. The Bertz CT molecular complexity index is 513. The standard InChI is InChI=1S/C10H7ClF2N2S/c11-6-3-1-2-5(4-6)7-9(14)15-10(16-7)8(12)13/h1-4,8H,14H2. The van der Waals surface area contributed by atoms with Gasteiger partial charge in [0.15, 0.2) is 5.01 Å². The molecule has 16 heavy (non-hydrogen) atoms. The van der Waals surface area contributed by atoms with Gasteiger partial charge in [0.2, 0.25) is 0 Å². The van der Waals surface area contributed by atoms with Crippen LogP contribution < -0.4 is 5.73 Å². The normalized spacial score (nSPS) is 11.0. The van der Waals surface area contributed by atoms with Crippen LogP contribution in [-0.2, 0) is 0 Å². The van der Waals surface area contributed by atoms with Crippen LogP contribution in [-0.4, -0.2) is 4.98 Å². The molecule has 0 aliphatic heterocycles. The van der Waals surface area contributed by atoms with Crippen molar-refractivity contribution in [3.8, 4) is 10.4 Å². The zero-order valence-corrected chi connectivity index (χ0v) is 9.53. The number of nitrogens with two attached hydrogens (primary N) is 1. The van der Waals surface area contributed by atoms with Crippen LogP contribution in [0.15, 0.2) is 24.3 Å². The van der Waals surface area contributed by atoms with E-state index in [0.717, 1.165) is 11.3 Å². The summed E-state index contributed by atoms with van der Waals surface area (Å²) in [4.78, 5) is 4.15. The third kappa shape index (κ3) is 2.15. The van der Waals surface area contributed by atoms with Crippen LogP contribution in [0.25, 0.3) is 10.4 Å². The van der Waals surface area contributed by atoms with E-state index in [4.69, 9.17) is 17.3 Å². The molecule has 0 spiro atoms. The average Bonchev–Trinajstić information content (AvgIpc) is 2.60. The minimum absolute atomic E-state index is 0.113. The topological polar surface area (TPSA) is 38.9 Å². The van der Waals surface area contributed by atoms with Crippen molar-refractivity contribution in [1.82, 2.24) is 4.98 Å². The van der Waals surface area contributed by atoms with E-state index in [1.54, 1.807) is 24.3 Å². The Kier molecular flexibility index (Phi) is 3.07. The molecular weight excluding hydrogens is 254 g/mol. The number of hydrogen-bond acceptors (Lipinski definition) is 3. The van der Waals surface area contributed by atoms with Crippen molar-refractivity contribution >= 4 is 28.8 Å². The predicted octanol–water partition coefficient (Wildman–Crippen LogP) is 3.98. The van der Waals surface area contributed by atoms with Gasteiger partial charge >= 0.3 is 0 Å². The van der Waals surface area contributed by atoms with Crippen LogP contribution >= 0.6 is 22.9 Å². The van der Waals surface area contributed by atoms with E-state index < -0.39 is 6.43 Å². The number of alkyl halides is 2. The van der Waals surface area contributed by atoms with Crippen molar-refractivity contribution in [3.05, 3.63) is 34.3 Å². The zero-order valence-electron chi connectivity index (χ0n) is 7.95. The van der Waals surface area contributed by atoms with E-state index in [-0.39, 0.29) is 10.8 Å². The number of halogens is 3. The molecule has 84 valence electrons. The monoisotopic (exact) mass is 260 g/mol. The van der Waals surface area contributed by atoms with E-state index >= 15 is 0 Å². The molecule has 0 saturated carbocycles. The number of hydrogen-bond donors (Lipinski definition) is 1. The fourth-order valence-corrected chi connectivity index (χ4v) is 2.31. The highest BCUT2D eigenvalue weighted by molar-refractivity contribution is 7.15. The first-order valence-electron chi connectivity index (χ1n) is 4.38. The second kappa shape index (κ2) is 4.35. The Balaban J connectivity index is 2.48. The number of aromatic nitrogens is 1. The molecule has 0 aliphatic rings. The molecule has 1 aromatic carbocycles. The van der Waals surface area contributed by atoms with E-state index in [1.807, 2.05) is 0 Å². The Hall–Kier alpha value is -1.20. The molecule has 0 aliphatic carbocycles. The van der Waals surface area contributed by atoms with Crippen LogP contribution in [0.1, 0.15) is 11.4 Å². The highest BCUT2D eigenvalue weighted by Crippen LogP contribution is 2.36. The van der Waals surface area contributed by atoms with Crippen LogP contribution in [0.4, 0.5) is 14.6 Å². The third-order valence-electron chi connectivity index (χ3n) is 1.94. The van der Waals surface area contributed by atoms with Gasteiger partial charge in [0.25, 0.3) is 6.43 Å². The summed E-state index contributed by atoms with van der Waals surface area (Å²) in [5, 5.41) is 0.261. The average molecular weight is 261 g/mol. The molecule has 0 radical (unpaired) electrons. The molecule has 2 aromatic rings. The summed E-state index contributed by atoms with van der Waals surface area (Å²) in [5.74, 6) is 0.113. The first-order chi connectivity index (χ1) is 7.58. The Morgan fingerprint density at radius 1 is 1.38 bits per heavy atom. The lowest BCUT2D eigenvalue weighted by atomic mass is 10.2. The molecule has 2 nitrogen and oxygen atoms in total. The highest BCUT2D eigenvalue weighted by Gasteiger charge is 2.17. The van der Waals surface area contributed by atoms with Gasteiger partial charge in [-0.25, -0.2) is 13.8 Å². The zero-order chi connectivity index (χ0) is 11.7. The summed E-state index contributed by atoms with van der Waals surface area (Å²) in [7, 11) is 0. The summed E-state index contributed by atoms with van der Waals surface area (Å²) in [6.45, 7) is 0. The van der Waals surface area contributed by atoms with E-state index in [0.29, 0.717) is 15.5 Å². The first-order valence-corrected chi connectivity index (χ1v) is 5.57. The van der Waals surface area contributed by atoms with Crippen molar-refractivity contribution in [2.75, 3.05) is 5.73 Å². The lowest BCUT2D eigenvalue weighted by molar-refractivity contribution is 0.151. The van der Waals surface area contributed by atoms with E-state index in [2.05, 4.69) is 4.98 Å². The lowest BCUT2D eigenvalue weighted by Gasteiger charge is -1.98. The maximum absolute atomic E-state index is 12.4. The van der Waals surface area contributed by atoms with Crippen molar-refractivity contribution < 1.29 is 8.78 Å². The van der Waals surface area contributed by atoms with Gasteiger partial charge in [0, 0.05) is 5.02 Å². The minimum atomic E-state index is -2.60. The number of nitrogens with zero attached hydrogens (tertiary/aromatic N) is 1. The van der Waals surface area contributed by atoms with Gasteiger partial charge in [-0.05, 0) is 17.7 Å². The summed E-state index contributed by atoms with van der Waals surface area (Å²) in [5.41, 5.74) is 6.29. The van der Waals surface area contributed by atoms with Crippen molar-refractivity contribution in [2.45, 2.75) is 6.43 Å². The van der Waals surface area contributed by atoms with Crippen molar-refractivity contribution in [1.29, 1.82) is 0 Å². The molecular formula is C10H7ClF2N2S. The Labute approximate surface area is 99.7 Å². The van der Waals surface area contributed by atoms with Gasteiger partial charge in [-0.2, -0.15) is 0 Å². The van der Waals surface area contributed by atoms with Gasteiger partial charge in [-0.15, -0.1) is 11.3 Å². The first kappa shape index (κ1) is 11.3. The largest absolute Gasteiger partial charge is 0.382 e. The van der Waals surface area contributed by atoms with Gasteiger partial charge in [-0.1, -0.05) is 23.7 Å². The molecule has 0 amide bonds. The van der Waals surface area contributed by atoms with Gasteiger partial charge < -0.3 is 5.73 Å². The third-order valence-corrected chi connectivity index (χ3v) is 3.31. The van der Waals surface area contributed by atoms with Crippen molar-refractivity contribution in [2.24, 2.45) is 0 Å². The molecule has 0 unspecified atom stereocenters. The highest BCUT2D eigenvalue weighted by atomic mass is 35.5. The van der Waals surface area contributed by atoms with Crippen LogP contribution in [0.2, 0.25) is 5.02 Å². The van der Waals surface area contributed by atoms with Crippen LogP contribution in [0.5, 0.6) is 0 Å². The predicted molar refractivity (Wildman–Crippen MR) is 61.9 cm³/mol.